The summed E-state index contributed by atoms with van der Waals surface area (Å²) in [4.78, 5) is 8.19. The summed E-state index contributed by atoms with van der Waals surface area (Å²) in [7, 11) is 0. The number of rotatable bonds is 4. The molecule has 0 atom stereocenters. The minimum Gasteiger partial charge on any atom is -0.310 e. The Morgan fingerprint density at radius 2 is 1.89 bits per heavy atom. The molecule has 2 rings (SSSR count). The zero-order valence-electron chi connectivity index (χ0n) is 11.1. The number of nitrogens with one attached hydrogen (secondary N) is 1. The lowest BCUT2D eigenvalue weighted by Gasteiger charge is -2.13. The van der Waals surface area contributed by atoms with Gasteiger partial charge in [-0.25, -0.2) is 9.97 Å². The van der Waals surface area contributed by atoms with E-state index in [4.69, 9.17) is 0 Å². The van der Waals surface area contributed by atoms with Crippen LogP contribution in [0.15, 0.2) is 36.9 Å². The van der Waals surface area contributed by atoms with Crippen LogP contribution in [0.1, 0.15) is 25.0 Å². The van der Waals surface area contributed by atoms with Crippen molar-refractivity contribution < 1.29 is 0 Å². The number of hydrogen-bond donors (Lipinski definition) is 1. The third kappa shape index (κ3) is 3.14. The first kappa shape index (κ1) is 12.7. The molecule has 0 saturated heterocycles. The van der Waals surface area contributed by atoms with Gasteiger partial charge < -0.3 is 5.32 Å². The highest BCUT2D eigenvalue weighted by Crippen LogP contribution is 2.23. The van der Waals surface area contributed by atoms with Crippen molar-refractivity contribution in [2.45, 2.75) is 33.4 Å². The summed E-state index contributed by atoms with van der Waals surface area (Å²) in [5, 5.41) is 3.45. The molecule has 0 saturated carbocycles. The van der Waals surface area contributed by atoms with Crippen molar-refractivity contribution in [2.75, 3.05) is 0 Å². The van der Waals surface area contributed by atoms with Gasteiger partial charge in [0.2, 0.25) is 0 Å². The van der Waals surface area contributed by atoms with Crippen LogP contribution in [0, 0.1) is 6.92 Å². The van der Waals surface area contributed by atoms with Gasteiger partial charge in [-0.2, -0.15) is 0 Å². The molecule has 1 aromatic carbocycles. The molecule has 1 heterocycles. The number of benzene rings is 1. The zero-order chi connectivity index (χ0) is 13.0. The average molecular weight is 241 g/mol. The second kappa shape index (κ2) is 5.74. The predicted molar refractivity (Wildman–Crippen MR) is 74.2 cm³/mol. The Labute approximate surface area is 108 Å². The Bertz CT molecular complexity index is 506. The fraction of sp³-hybridized carbons (Fsp3) is 0.333. The molecule has 1 N–H and O–H groups in total. The van der Waals surface area contributed by atoms with E-state index < -0.39 is 0 Å². The van der Waals surface area contributed by atoms with Gasteiger partial charge in [-0.3, -0.25) is 0 Å². The van der Waals surface area contributed by atoms with Crippen LogP contribution in [-0.2, 0) is 6.54 Å². The quantitative estimate of drug-likeness (QED) is 0.894. The molecule has 0 spiro atoms. The Morgan fingerprint density at radius 1 is 1.17 bits per heavy atom. The lowest BCUT2D eigenvalue weighted by atomic mass is 9.99. The third-order valence-electron chi connectivity index (χ3n) is 2.84. The van der Waals surface area contributed by atoms with Gasteiger partial charge in [0, 0.05) is 30.5 Å². The number of hydrogen-bond acceptors (Lipinski definition) is 3. The van der Waals surface area contributed by atoms with Crippen LogP contribution in [0.4, 0.5) is 0 Å². The Balaban J connectivity index is 2.35. The smallest absolute Gasteiger partial charge is 0.115 e. The zero-order valence-corrected chi connectivity index (χ0v) is 11.1. The Morgan fingerprint density at radius 3 is 2.56 bits per heavy atom. The van der Waals surface area contributed by atoms with Crippen molar-refractivity contribution in [3.63, 3.8) is 0 Å². The highest BCUT2D eigenvalue weighted by atomic mass is 14.9. The first-order chi connectivity index (χ1) is 8.66. The molecular weight excluding hydrogens is 222 g/mol. The van der Waals surface area contributed by atoms with E-state index in [2.05, 4.69) is 54.3 Å². The van der Waals surface area contributed by atoms with E-state index in [0.717, 1.165) is 12.1 Å². The van der Waals surface area contributed by atoms with Crippen LogP contribution in [0.2, 0.25) is 0 Å². The monoisotopic (exact) mass is 241 g/mol. The largest absolute Gasteiger partial charge is 0.310 e. The standard InChI is InChI=1S/C15H19N3/c1-11(2)18-9-13-5-4-12(3)6-15(13)14-7-16-10-17-8-14/h4-8,10-11,18H,9H2,1-3H3. The van der Waals surface area contributed by atoms with Crippen LogP contribution >= 0.6 is 0 Å². The van der Waals surface area contributed by atoms with Crippen molar-refractivity contribution in [1.82, 2.24) is 15.3 Å². The predicted octanol–water partition coefficient (Wildman–Crippen LogP) is 2.95. The van der Waals surface area contributed by atoms with E-state index >= 15 is 0 Å². The number of aryl methyl sites for hydroxylation is 1. The molecule has 94 valence electrons. The second-order valence-corrected chi connectivity index (χ2v) is 4.82. The minimum absolute atomic E-state index is 0.478. The lowest BCUT2D eigenvalue weighted by Crippen LogP contribution is -2.22. The molecule has 0 aliphatic carbocycles. The van der Waals surface area contributed by atoms with Crippen LogP contribution < -0.4 is 5.32 Å². The lowest BCUT2D eigenvalue weighted by molar-refractivity contribution is 0.589. The summed E-state index contributed by atoms with van der Waals surface area (Å²) in [6, 6.07) is 6.99. The van der Waals surface area contributed by atoms with Gasteiger partial charge in [0.25, 0.3) is 0 Å². The number of nitrogens with zero attached hydrogens (tertiary/aromatic N) is 2. The van der Waals surface area contributed by atoms with Gasteiger partial charge in [-0.15, -0.1) is 0 Å². The highest BCUT2D eigenvalue weighted by Gasteiger charge is 2.06. The maximum Gasteiger partial charge on any atom is 0.115 e. The SMILES string of the molecule is Cc1ccc(CNC(C)C)c(-c2cncnc2)c1. The first-order valence-corrected chi connectivity index (χ1v) is 6.25. The van der Waals surface area contributed by atoms with Crippen molar-refractivity contribution in [1.29, 1.82) is 0 Å². The third-order valence-corrected chi connectivity index (χ3v) is 2.84. The summed E-state index contributed by atoms with van der Waals surface area (Å²) in [5.74, 6) is 0. The molecule has 3 heteroatoms. The van der Waals surface area contributed by atoms with Gasteiger partial charge in [-0.1, -0.05) is 37.6 Å². The molecular formula is C15H19N3. The van der Waals surface area contributed by atoms with Crippen molar-refractivity contribution in [3.05, 3.63) is 48.0 Å². The van der Waals surface area contributed by atoms with Gasteiger partial charge in [0.15, 0.2) is 0 Å². The van der Waals surface area contributed by atoms with E-state index in [1.165, 1.54) is 16.7 Å². The molecule has 1 aromatic heterocycles. The van der Waals surface area contributed by atoms with E-state index in [1.54, 1.807) is 6.33 Å². The van der Waals surface area contributed by atoms with Crippen LogP contribution in [0.25, 0.3) is 11.1 Å². The van der Waals surface area contributed by atoms with E-state index in [1.807, 2.05) is 12.4 Å². The van der Waals surface area contributed by atoms with Crippen LogP contribution in [0.3, 0.4) is 0 Å². The summed E-state index contributed by atoms with van der Waals surface area (Å²) >= 11 is 0. The van der Waals surface area contributed by atoms with Gasteiger partial charge >= 0.3 is 0 Å². The second-order valence-electron chi connectivity index (χ2n) is 4.82. The van der Waals surface area contributed by atoms with Crippen molar-refractivity contribution in [3.8, 4) is 11.1 Å². The first-order valence-electron chi connectivity index (χ1n) is 6.25. The van der Waals surface area contributed by atoms with Gasteiger partial charge in [0.1, 0.15) is 6.33 Å². The molecule has 0 radical (unpaired) electrons. The van der Waals surface area contributed by atoms with E-state index in [0.29, 0.717) is 6.04 Å². The normalized spacial score (nSPS) is 10.9. The molecule has 0 aliphatic heterocycles. The molecule has 0 aliphatic rings. The molecule has 0 amide bonds. The topological polar surface area (TPSA) is 37.8 Å². The van der Waals surface area contributed by atoms with Gasteiger partial charge in [0.05, 0.1) is 0 Å². The molecule has 0 unspecified atom stereocenters. The molecule has 0 bridgehead atoms. The minimum atomic E-state index is 0.478. The van der Waals surface area contributed by atoms with Gasteiger partial charge in [-0.05, 0) is 18.1 Å². The maximum atomic E-state index is 4.10. The fourth-order valence-corrected chi connectivity index (χ4v) is 1.87. The summed E-state index contributed by atoms with van der Waals surface area (Å²) in [6.45, 7) is 7.27. The van der Waals surface area contributed by atoms with Crippen molar-refractivity contribution in [2.24, 2.45) is 0 Å². The molecule has 0 fully saturated rings. The number of aromatic nitrogens is 2. The summed E-state index contributed by atoms with van der Waals surface area (Å²) < 4.78 is 0. The van der Waals surface area contributed by atoms with Crippen LogP contribution in [0.5, 0.6) is 0 Å². The maximum absolute atomic E-state index is 4.10. The highest BCUT2D eigenvalue weighted by molar-refractivity contribution is 5.66. The molecule has 3 nitrogen and oxygen atoms in total. The van der Waals surface area contributed by atoms with Crippen LogP contribution in [-0.4, -0.2) is 16.0 Å². The Hall–Kier alpha value is -1.74. The Kier molecular flexibility index (Phi) is 4.05. The fourth-order valence-electron chi connectivity index (χ4n) is 1.87. The van der Waals surface area contributed by atoms with E-state index in [9.17, 15) is 0 Å². The molecule has 18 heavy (non-hydrogen) atoms. The summed E-state index contributed by atoms with van der Waals surface area (Å²) in [6.07, 6.45) is 5.28. The van der Waals surface area contributed by atoms with Crippen molar-refractivity contribution >= 4 is 0 Å². The van der Waals surface area contributed by atoms with E-state index in [-0.39, 0.29) is 0 Å². The summed E-state index contributed by atoms with van der Waals surface area (Å²) in [5.41, 5.74) is 4.82. The molecule has 2 aromatic rings. The average Bonchev–Trinajstić information content (AvgIpc) is 2.38.